The van der Waals surface area contributed by atoms with Gasteiger partial charge in [0.25, 0.3) is 0 Å². The second-order valence-corrected chi connectivity index (χ2v) is 25.1. The van der Waals surface area contributed by atoms with Crippen LogP contribution in [0.5, 0.6) is 0 Å². The monoisotopic (exact) mass is 1280 g/mol. The zero-order chi connectivity index (χ0) is 63.1. The first-order valence-corrected chi connectivity index (χ1v) is 32.6. The van der Waals surface area contributed by atoms with Gasteiger partial charge in [-0.25, -0.2) is 19.2 Å². The van der Waals surface area contributed by atoms with E-state index in [1.54, 1.807) is 41.5 Å². The van der Waals surface area contributed by atoms with E-state index in [-0.39, 0.29) is 75.6 Å². The number of likely N-dealkylation sites (tertiary alicyclic amines) is 2. The predicted molar refractivity (Wildman–Crippen MR) is 337 cm³/mol. The number of alkyl carbamates (subject to hydrolysis) is 2. The second-order valence-electron chi connectivity index (χ2n) is 23.6. The number of esters is 2. The number of nitrogens with zero attached hydrogens (tertiary/aromatic N) is 4. The average Bonchev–Trinajstić information content (AvgIpc) is 4.10. The Balaban J connectivity index is 1.03. The number of rotatable bonds is 41. The lowest BCUT2D eigenvalue weighted by atomic mass is 10.0. The summed E-state index contributed by atoms with van der Waals surface area (Å²) in [5, 5.41) is 11.7. The van der Waals surface area contributed by atoms with Gasteiger partial charge in [0.05, 0.1) is 38.0 Å². The molecule has 2 aromatic rings. The maximum absolute atomic E-state index is 13.4. The molecule has 2 aromatic carbocycles. The van der Waals surface area contributed by atoms with Gasteiger partial charge < -0.3 is 50.0 Å². The molecule has 6 amide bonds. The Morgan fingerprint density at radius 2 is 0.802 bits per heavy atom. The smallest absolute Gasteiger partial charge is 0.408 e. The lowest BCUT2D eigenvalue weighted by molar-refractivity contribution is -0.149. The molecule has 2 aliphatic heterocycles. The molecule has 2 saturated heterocycles. The maximum atomic E-state index is 13.4. The van der Waals surface area contributed by atoms with Crippen LogP contribution in [0.2, 0.25) is 0 Å². The Bertz CT molecular complexity index is 2250. The highest BCUT2D eigenvalue weighted by Gasteiger charge is 2.40. The second kappa shape index (κ2) is 39.0. The lowest BCUT2D eigenvalue weighted by Gasteiger charge is -2.24. The van der Waals surface area contributed by atoms with E-state index in [2.05, 4.69) is 31.1 Å². The summed E-state index contributed by atoms with van der Waals surface area (Å²) in [5.74, 6) is -1.09. The highest BCUT2D eigenvalue weighted by atomic mass is 35.5. The standard InChI is InChI=1S/C62H94Cl4N8O12/c1-61(2,3)85-59(81)69-51(41-45-19-23-47(24-20-45)71(33-27-63)34-28-64)57(79)83-39-37-73-53(75)43-49(55(73)77)67-31-17-15-13-11-9-7-8-10-12-14-16-18-32-68-50-44-54(76)74(56(50)78)38-40-84-58(80)52(70-60(82)86-62(4,5)6)42-46-21-25-48(26-22-46)72(35-29-65)36-30-66/h19-26,49-52,67-68H,7-18,27-44H2,1-6H3,(H,69,81)(H,70,82)/t49?,50?,51-,52-/m0/s1. The van der Waals surface area contributed by atoms with Crippen molar-refractivity contribution in [2.24, 2.45) is 0 Å². The predicted octanol–water partition coefficient (Wildman–Crippen LogP) is 9.03. The van der Waals surface area contributed by atoms with Crippen molar-refractivity contribution in [2.45, 2.75) is 180 Å². The fraction of sp³-hybridized carbons (Fsp3) is 0.677. The number of nitrogens with one attached hydrogen (secondary N) is 4. The summed E-state index contributed by atoms with van der Waals surface area (Å²) in [5.41, 5.74) is 1.76. The number of amides is 6. The van der Waals surface area contributed by atoms with Gasteiger partial charge in [-0.2, -0.15) is 0 Å². The van der Waals surface area contributed by atoms with E-state index in [1.807, 2.05) is 48.5 Å². The van der Waals surface area contributed by atoms with Gasteiger partial charge in [-0.1, -0.05) is 88.5 Å². The molecule has 2 heterocycles. The average molecular weight is 1290 g/mol. The first-order chi connectivity index (χ1) is 41.1. The van der Waals surface area contributed by atoms with Crippen molar-refractivity contribution in [1.29, 1.82) is 0 Å². The van der Waals surface area contributed by atoms with E-state index in [0.29, 0.717) is 62.8 Å². The van der Waals surface area contributed by atoms with Gasteiger partial charge >= 0.3 is 24.1 Å². The van der Waals surface area contributed by atoms with Crippen LogP contribution in [0, 0.1) is 0 Å². The molecular weight excluding hydrogens is 1190 g/mol. The molecule has 4 rings (SSSR count). The van der Waals surface area contributed by atoms with Gasteiger partial charge in [-0.15, -0.1) is 46.4 Å². The summed E-state index contributed by atoms with van der Waals surface area (Å²) in [6.45, 7) is 13.3. The van der Waals surface area contributed by atoms with Crippen LogP contribution in [0.4, 0.5) is 21.0 Å². The Hall–Kier alpha value is -5.12. The molecule has 0 spiro atoms. The van der Waals surface area contributed by atoms with Crippen LogP contribution >= 0.6 is 46.4 Å². The highest BCUT2D eigenvalue weighted by Crippen LogP contribution is 2.22. The number of anilines is 2. The van der Waals surface area contributed by atoms with E-state index in [4.69, 9.17) is 65.4 Å². The van der Waals surface area contributed by atoms with Crippen LogP contribution < -0.4 is 31.1 Å². The Morgan fingerprint density at radius 1 is 0.500 bits per heavy atom. The number of carbonyl (C=O) groups is 8. The largest absolute Gasteiger partial charge is 0.462 e. The van der Waals surface area contributed by atoms with Gasteiger partial charge in [-0.05, 0) is 103 Å². The molecule has 0 radical (unpaired) electrons. The fourth-order valence-electron chi connectivity index (χ4n) is 9.99. The first kappa shape index (κ1) is 73.4. The maximum Gasteiger partial charge on any atom is 0.408 e. The van der Waals surface area contributed by atoms with Crippen molar-refractivity contribution >= 4 is 106 Å². The van der Waals surface area contributed by atoms with Gasteiger partial charge in [0.2, 0.25) is 23.6 Å². The van der Waals surface area contributed by atoms with E-state index in [0.717, 1.165) is 96.5 Å². The van der Waals surface area contributed by atoms with Crippen LogP contribution in [-0.4, -0.2) is 182 Å². The van der Waals surface area contributed by atoms with Crippen LogP contribution in [0.1, 0.15) is 143 Å². The topological polar surface area (TPSA) is 235 Å². The van der Waals surface area contributed by atoms with Gasteiger partial charge in [0, 0.05) is 73.9 Å². The molecule has 0 saturated carbocycles. The zero-order valence-corrected chi connectivity index (χ0v) is 54.4. The van der Waals surface area contributed by atoms with Crippen molar-refractivity contribution in [2.75, 3.05) is 98.9 Å². The molecule has 4 atom stereocenters. The summed E-state index contributed by atoms with van der Waals surface area (Å²) < 4.78 is 21.9. The molecule has 24 heteroatoms. The number of hydrogen-bond acceptors (Lipinski definition) is 16. The summed E-state index contributed by atoms with van der Waals surface area (Å²) in [7, 11) is 0. The number of carbonyl (C=O) groups excluding carboxylic acids is 8. The molecule has 2 aliphatic rings. The molecular formula is C62H94Cl4N8O12. The van der Waals surface area contributed by atoms with Crippen LogP contribution in [-0.2, 0) is 60.6 Å². The number of alkyl halides is 4. The molecule has 86 heavy (non-hydrogen) atoms. The number of hydrogen-bond donors (Lipinski definition) is 4. The normalized spacial score (nSPS) is 16.1. The van der Waals surface area contributed by atoms with Crippen molar-refractivity contribution in [3.05, 3.63) is 59.7 Å². The number of unbranched alkanes of at least 4 members (excludes halogenated alkanes) is 11. The summed E-state index contributed by atoms with van der Waals surface area (Å²) in [6.07, 6.45) is 11.6. The number of ether oxygens (including phenoxy) is 4. The Labute approximate surface area is 529 Å². The van der Waals surface area contributed by atoms with Gasteiger partial charge in [0.1, 0.15) is 36.5 Å². The number of halogens is 4. The SMILES string of the molecule is CC(C)(C)OC(=O)N[C@@H](Cc1ccc(N(CCCl)CCCl)cc1)C(=O)OCCN1C(=O)CC(NCCCCCCCCCCCCCCNC2CC(=O)N(CCOC(=O)[C@H](Cc3ccc(N(CCCl)CCCl)cc3)NC(=O)OC(C)(C)C)C2=O)C1=O. The van der Waals surface area contributed by atoms with Crippen LogP contribution in [0.25, 0.3) is 0 Å². The van der Waals surface area contributed by atoms with Crippen molar-refractivity contribution in [3.8, 4) is 0 Å². The van der Waals surface area contributed by atoms with Crippen molar-refractivity contribution in [3.63, 3.8) is 0 Å². The summed E-state index contributed by atoms with van der Waals surface area (Å²) in [4.78, 5) is 111. The van der Waals surface area contributed by atoms with Crippen molar-refractivity contribution in [1.82, 2.24) is 31.1 Å². The highest BCUT2D eigenvalue weighted by molar-refractivity contribution is 6.19. The number of benzene rings is 2. The quantitative estimate of drug-likeness (QED) is 0.0160. The Kier molecular flexibility index (Phi) is 33.3. The van der Waals surface area contributed by atoms with E-state index in [9.17, 15) is 38.4 Å². The molecule has 2 unspecified atom stereocenters. The zero-order valence-electron chi connectivity index (χ0n) is 51.3. The summed E-state index contributed by atoms with van der Waals surface area (Å²) in [6, 6.07) is 11.6. The molecule has 0 bridgehead atoms. The molecule has 0 aromatic heterocycles. The minimum atomic E-state index is -1.09. The molecule has 0 aliphatic carbocycles. The third-order valence-electron chi connectivity index (χ3n) is 14.3. The third kappa shape index (κ3) is 27.5. The Morgan fingerprint density at radius 3 is 1.09 bits per heavy atom. The molecule has 2 fully saturated rings. The minimum Gasteiger partial charge on any atom is -0.462 e. The van der Waals surface area contributed by atoms with Crippen LogP contribution in [0.15, 0.2) is 48.5 Å². The minimum absolute atomic E-state index is 0.0368. The first-order valence-electron chi connectivity index (χ1n) is 30.4. The molecule has 20 nitrogen and oxygen atoms in total. The van der Waals surface area contributed by atoms with Crippen molar-refractivity contribution < 1.29 is 57.3 Å². The van der Waals surface area contributed by atoms with E-state index >= 15 is 0 Å². The van der Waals surface area contributed by atoms with Gasteiger partial charge in [-0.3, -0.25) is 29.0 Å². The molecule has 4 N–H and O–H groups in total. The fourth-order valence-corrected chi connectivity index (χ4v) is 10.8. The third-order valence-corrected chi connectivity index (χ3v) is 15.0. The van der Waals surface area contributed by atoms with Crippen LogP contribution in [0.3, 0.4) is 0 Å². The molecule has 482 valence electrons. The number of imide groups is 2. The van der Waals surface area contributed by atoms with E-state index < -0.39 is 59.5 Å². The summed E-state index contributed by atoms with van der Waals surface area (Å²) >= 11 is 23.9. The van der Waals surface area contributed by atoms with Gasteiger partial charge in [0.15, 0.2) is 0 Å². The lowest BCUT2D eigenvalue weighted by Crippen LogP contribution is -2.46. The van der Waals surface area contributed by atoms with E-state index in [1.165, 1.54) is 12.8 Å².